The second-order valence-electron chi connectivity index (χ2n) is 5.73. The number of aromatic nitrogens is 3. The number of aromatic amines is 1. The molecule has 0 bridgehead atoms. The van der Waals surface area contributed by atoms with Gasteiger partial charge in [-0.2, -0.15) is 5.10 Å². The Hall–Kier alpha value is -1.86. The van der Waals surface area contributed by atoms with Crippen LogP contribution in [-0.2, 0) is 10.5 Å². The Kier molecular flexibility index (Phi) is 4.97. The molecule has 2 heterocycles. The molecule has 2 atom stereocenters. The fraction of sp³-hybridized carbons (Fsp3) is 0.438. The van der Waals surface area contributed by atoms with Gasteiger partial charge in [-0.15, -0.1) is 0 Å². The molecular formula is C16H20N4O2S. The van der Waals surface area contributed by atoms with Gasteiger partial charge in [-0.05, 0) is 31.5 Å². The van der Waals surface area contributed by atoms with E-state index in [0.29, 0.717) is 13.2 Å². The zero-order chi connectivity index (χ0) is 16.2. The highest BCUT2D eigenvalue weighted by Crippen LogP contribution is 2.20. The van der Waals surface area contributed by atoms with E-state index in [1.165, 1.54) is 6.33 Å². The Bertz CT molecular complexity index is 645. The summed E-state index contributed by atoms with van der Waals surface area (Å²) in [6.45, 7) is 5.25. The molecule has 23 heavy (non-hydrogen) atoms. The molecular weight excluding hydrogens is 312 g/mol. The average molecular weight is 332 g/mol. The van der Waals surface area contributed by atoms with Gasteiger partial charge in [0.2, 0.25) is 0 Å². The molecule has 0 spiro atoms. The van der Waals surface area contributed by atoms with Crippen molar-refractivity contribution in [3.63, 3.8) is 0 Å². The van der Waals surface area contributed by atoms with Gasteiger partial charge in [-0.3, -0.25) is 9.89 Å². The monoisotopic (exact) mass is 332 g/mol. The van der Waals surface area contributed by atoms with E-state index in [0.717, 1.165) is 22.0 Å². The summed E-state index contributed by atoms with van der Waals surface area (Å²) in [5.74, 6) is 0.858. The van der Waals surface area contributed by atoms with Gasteiger partial charge in [0.05, 0.1) is 18.8 Å². The smallest absolute Gasteiger partial charge is 0.254 e. The Labute approximate surface area is 139 Å². The van der Waals surface area contributed by atoms with Gasteiger partial charge in [0.1, 0.15) is 6.33 Å². The Morgan fingerprint density at radius 1 is 1.39 bits per heavy atom. The molecule has 0 unspecified atom stereocenters. The van der Waals surface area contributed by atoms with Gasteiger partial charge >= 0.3 is 0 Å². The number of nitrogens with zero attached hydrogens (tertiary/aromatic N) is 3. The largest absolute Gasteiger partial charge is 0.375 e. The summed E-state index contributed by atoms with van der Waals surface area (Å²) < 4.78 is 5.58. The zero-order valence-electron chi connectivity index (χ0n) is 13.2. The van der Waals surface area contributed by atoms with Crippen LogP contribution in [0.25, 0.3) is 0 Å². The molecule has 0 radical (unpaired) electrons. The van der Waals surface area contributed by atoms with Crippen LogP contribution in [0, 0.1) is 0 Å². The summed E-state index contributed by atoms with van der Waals surface area (Å²) in [6.07, 6.45) is 1.59. The molecule has 1 N–H and O–H groups in total. The number of nitrogens with one attached hydrogen (secondary N) is 1. The Morgan fingerprint density at radius 2 is 2.17 bits per heavy atom. The number of benzene rings is 1. The first-order valence-electron chi connectivity index (χ1n) is 7.63. The SMILES string of the molecule is C[C@@H]1CO[C@@H](C)CN1C(=O)c1ccc(CSc2ncn[nH]2)cc1. The minimum Gasteiger partial charge on any atom is -0.375 e. The van der Waals surface area contributed by atoms with Gasteiger partial charge in [-0.1, -0.05) is 23.9 Å². The van der Waals surface area contributed by atoms with Crippen LogP contribution in [0.4, 0.5) is 0 Å². The number of thioether (sulfide) groups is 1. The van der Waals surface area contributed by atoms with E-state index >= 15 is 0 Å². The van der Waals surface area contributed by atoms with Crippen molar-refractivity contribution < 1.29 is 9.53 Å². The van der Waals surface area contributed by atoms with Crippen LogP contribution in [-0.4, -0.2) is 51.3 Å². The quantitative estimate of drug-likeness (QED) is 0.870. The van der Waals surface area contributed by atoms with Crippen molar-refractivity contribution in [1.29, 1.82) is 0 Å². The summed E-state index contributed by atoms with van der Waals surface area (Å²) in [5, 5.41) is 7.43. The zero-order valence-corrected chi connectivity index (χ0v) is 14.0. The van der Waals surface area contributed by atoms with Crippen LogP contribution in [0.15, 0.2) is 35.7 Å². The second kappa shape index (κ2) is 7.14. The highest BCUT2D eigenvalue weighted by molar-refractivity contribution is 7.98. The lowest BCUT2D eigenvalue weighted by atomic mass is 10.1. The van der Waals surface area contributed by atoms with Crippen LogP contribution in [0.2, 0.25) is 0 Å². The standard InChI is InChI=1S/C16H20N4O2S/c1-11-8-22-12(2)7-20(11)15(21)14-5-3-13(4-6-14)9-23-16-17-10-18-19-16/h3-6,10-12H,7-9H2,1-2H3,(H,17,18,19)/t11-,12+/m1/s1. The van der Waals surface area contributed by atoms with Crippen molar-refractivity contribution in [2.45, 2.75) is 36.9 Å². The van der Waals surface area contributed by atoms with Crippen LogP contribution in [0.3, 0.4) is 0 Å². The normalized spacial score (nSPS) is 21.4. The first kappa shape index (κ1) is 16.0. The highest BCUT2D eigenvalue weighted by atomic mass is 32.2. The van der Waals surface area contributed by atoms with E-state index < -0.39 is 0 Å². The molecule has 7 heteroatoms. The van der Waals surface area contributed by atoms with Gasteiger partial charge in [-0.25, -0.2) is 4.98 Å². The maximum Gasteiger partial charge on any atom is 0.254 e. The third-order valence-corrected chi connectivity index (χ3v) is 4.79. The molecule has 1 aliphatic rings. The summed E-state index contributed by atoms with van der Waals surface area (Å²) in [6, 6.07) is 7.88. The van der Waals surface area contributed by atoms with Gasteiger partial charge < -0.3 is 9.64 Å². The van der Waals surface area contributed by atoms with Crippen molar-refractivity contribution >= 4 is 17.7 Å². The molecule has 3 rings (SSSR count). The average Bonchev–Trinajstić information content (AvgIpc) is 3.08. The second-order valence-corrected chi connectivity index (χ2v) is 6.69. The van der Waals surface area contributed by atoms with Crippen LogP contribution in [0.5, 0.6) is 0 Å². The lowest BCUT2D eigenvalue weighted by molar-refractivity contribution is -0.0387. The first-order chi connectivity index (χ1) is 11.1. The summed E-state index contributed by atoms with van der Waals surface area (Å²) in [4.78, 5) is 18.6. The predicted molar refractivity (Wildman–Crippen MR) is 88.3 cm³/mol. The molecule has 6 nitrogen and oxygen atoms in total. The molecule has 122 valence electrons. The summed E-state index contributed by atoms with van der Waals surface area (Å²) in [5.41, 5.74) is 1.87. The maximum absolute atomic E-state index is 12.7. The van der Waals surface area contributed by atoms with Crippen LogP contribution < -0.4 is 0 Å². The van der Waals surface area contributed by atoms with Gasteiger partial charge in [0, 0.05) is 17.9 Å². The number of H-pyrrole nitrogens is 1. The lowest BCUT2D eigenvalue weighted by Crippen LogP contribution is -2.50. The van der Waals surface area contributed by atoms with Crippen LogP contribution >= 0.6 is 11.8 Å². The highest BCUT2D eigenvalue weighted by Gasteiger charge is 2.28. The van der Waals surface area contributed by atoms with E-state index in [1.54, 1.807) is 11.8 Å². The Balaban J connectivity index is 1.63. The topological polar surface area (TPSA) is 71.1 Å². The third-order valence-electron chi connectivity index (χ3n) is 3.84. The van der Waals surface area contributed by atoms with Crippen molar-refractivity contribution in [1.82, 2.24) is 20.1 Å². The Morgan fingerprint density at radius 3 is 2.87 bits per heavy atom. The predicted octanol–water partition coefficient (Wildman–Crippen LogP) is 2.35. The minimum atomic E-state index is 0.0714. The maximum atomic E-state index is 12.7. The number of hydrogen-bond donors (Lipinski definition) is 1. The van der Waals surface area contributed by atoms with Crippen molar-refractivity contribution in [3.8, 4) is 0 Å². The molecule has 2 aromatic rings. The number of morpholine rings is 1. The molecule has 0 aliphatic carbocycles. The number of rotatable bonds is 4. The molecule has 1 amide bonds. The minimum absolute atomic E-state index is 0.0714. The number of carbonyl (C=O) groups excluding carboxylic acids is 1. The van der Waals surface area contributed by atoms with E-state index in [2.05, 4.69) is 15.2 Å². The third kappa shape index (κ3) is 3.92. The fourth-order valence-corrected chi connectivity index (χ4v) is 3.25. The van der Waals surface area contributed by atoms with E-state index in [9.17, 15) is 4.79 Å². The summed E-state index contributed by atoms with van der Waals surface area (Å²) >= 11 is 1.58. The fourth-order valence-electron chi connectivity index (χ4n) is 2.51. The van der Waals surface area contributed by atoms with E-state index in [4.69, 9.17) is 4.74 Å². The van der Waals surface area contributed by atoms with Gasteiger partial charge in [0.25, 0.3) is 5.91 Å². The molecule has 1 aromatic carbocycles. The van der Waals surface area contributed by atoms with Crippen molar-refractivity contribution in [3.05, 3.63) is 41.7 Å². The number of carbonyl (C=O) groups is 1. The van der Waals surface area contributed by atoms with Gasteiger partial charge in [0.15, 0.2) is 5.16 Å². The molecule has 1 saturated heterocycles. The van der Waals surface area contributed by atoms with E-state index in [1.807, 2.05) is 43.0 Å². The lowest BCUT2D eigenvalue weighted by Gasteiger charge is -2.36. The van der Waals surface area contributed by atoms with Crippen molar-refractivity contribution in [2.75, 3.05) is 13.2 Å². The number of ether oxygens (including phenoxy) is 1. The molecule has 1 aromatic heterocycles. The molecule has 0 saturated carbocycles. The summed E-state index contributed by atoms with van der Waals surface area (Å²) in [7, 11) is 0. The van der Waals surface area contributed by atoms with Crippen LogP contribution in [0.1, 0.15) is 29.8 Å². The number of hydrogen-bond acceptors (Lipinski definition) is 5. The van der Waals surface area contributed by atoms with Crippen molar-refractivity contribution in [2.24, 2.45) is 0 Å². The molecule has 1 aliphatic heterocycles. The van der Waals surface area contributed by atoms with E-state index in [-0.39, 0.29) is 18.1 Å². The number of amides is 1. The molecule has 1 fully saturated rings. The first-order valence-corrected chi connectivity index (χ1v) is 8.61.